The van der Waals surface area contributed by atoms with Crippen molar-refractivity contribution in [2.24, 2.45) is 15.8 Å². The summed E-state index contributed by atoms with van der Waals surface area (Å²) >= 11 is 0. The molecule has 0 saturated carbocycles. The molecule has 156 valence electrons. The van der Waals surface area contributed by atoms with Gasteiger partial charge in [0.2, 0.25) is 0 Å². The summed E-state index contributed by atoms with van der Waals surface area (Å²) in [5.41, 5.74) is 2.65. The number of aliphatic imine (C=N–C) groups is 1. The first-order valence-corrected chi connectivity index (χ1v) is 11.6. The molecule has 2 rings (SSSR count). The number of nitrogens with one attached hydrogen (secondary N) is 1. The molecule has 0 radical (unpaired) electrons. The van der Waals surface area contributed by atoms with Crippen LogP contribution in [-0.4, -0.2) is 42.6 Å². The maximum atomic E-state index is 13.0. The summed E-state index contributed by atoms with van der Waals surface area (Å²) in [6, 6.07) is 0.147. The van der Waals surface area contributed by atoms with Gasteiger partial charge in [0, 0.05) is 30.1 Å². The standard InChI is InChI=1S/C20H38N3O3P/c1-10-25-27(24,26-11-2)22-15-12-16-17(19(4,5)6)14(3)21-18(20(7,8)9)23(16)13-15/h14-15H,10-13H2,1-9H3,(H,22,24)/t14-,15-/m0/s1. The quantitative estimate of drug-likeness (QED) is 0.638. The van der Waals surface area contributed by atoms with E-state index in [1.807, 2.05) is 13.8 Å². The molecular formula is C20H38N3O3P. The zero-order valence-electron chi connectivity index (χ0n) is 18.5. The maximum absolute atomic E-state index is 13.0. The van der Waals surface area contributed by atoms with E-state index in [1.165, 1.54) is 11.3 Å². The first kappa shape index (κ1) is 22.6. The third kappa shape index (κ3) is 5.03. The van der Waals surface area contributed by atoms with Crippen LogP contribution in [0.25, 0.3) is 0 Å². The van der Waals surface area contributed by atoms with Gasteiger partial charge in [0.25, 0.3) is 0 Å². The Morgan fingerprint density at radius 1 is 1.11 bits per heavy atom. The van der Waals surface area contributed by atoms with E-state index < -0.39 is 7.75 Å². The molecule has 0 aliphatic carbocycles. The van der Waals surface area contributed by atoms with E-state index >= 15 is 0 Å². The van der Waals surface area contributed by atoms with E-state index in [2.05, 4.69) is 58.5 Å². The molecule has 2 atom stereocenters. The third-order valence-electron chi connectivity index (χ3n) is 4.89. The van der Waals surface area contributed by atoms with Gasteiger partial charge in [-0.05, 0) is 31.8 Å². The van der Waals surface area contributed by atoms with Gasteiger partial charge >= 0.3 is 7.75 Å². The molecular weight excluding hydrogens is 361 g/mol. The van der Waals surface area contributed by atoms with Gasteiger partial charge in [-0.2, -0.15) is 0 Å². The van der Waals surface area contributed by atoms with Crippen LogP contribution in [0.3, 0.4) is 0 Å². The maximum Gasteiger partial charge on any atom is 0.405 e. The highest BCUT2D eigenvalue weighted by molar-refractivity contribution is 7.51. The fourth-order valence-electron chi connectivity index (χ4n) is 4.19. The molecule has 0 aromatic carbocycles. The molecule has 7 heteroatoms. The highest BCUT2D eigenvalue weighted by Crippen LogP contribution is 2.48. The van der Waals surface area contributed by atoms with Crippen LogP contribution in [0.5, 0.6) is 0 Å². The van der Waals surface area contributed by atoms with Crippen molar-refractivity contribution in [1.29, 1.82) is 0 Å². The Morgan fingerprint density at radius 2 is 1.67 bits per heavy atom. The second-order valence-electron chi connectivity index (χ2n) is 9.46. The van der Waals surface area contributed by atoms with Crippen LogP contribution in [0.1, 0.15) is 68.7 Å². The topological polar surface area (TPSA) is 63.2 Å². The van der Waals surface area contributed by atoms with Crippen molar-refractivity contribution in [2.75, 3.05) is 19.8 Å². The first-order valence-electron chi connectivity index (χ1n) is 10.1. The Morgan fingerprint density at radius 3 is 2.11 bits per heavy atom. The fraction of sp³-hybridized carbons (Fsp3) is 0.850. The highest BCUT2D eigenvalue weighted by Gasteiger charge is 2.44. The zero-order valence-corrected chi connectivity index (χ0v) is 19.4. The molecule has 0 bridgehead atoms. The molecule has 0 aromatic heterocycles. The van der Waals surface area contributed by atoms with Crippen molar-refractivity contribution in [3.63, 3.8) is 0 Å². The van der Waals surface area contributed by atoms with E-state index in [1.54, 1.807) is 0 Å². The van der Waals surface area contributed by atoms with Crippen LogP contribution in [0.2, 0.25) is 0 Å². The average Bonchev–Trinajstić information content (AvgIpc) is 2.86. The smallest absolute Gasteiger partial charge is 0.332 e. The Bertz CT molecular complexity index is 648. The summed E-state index contributed by atoms with van der Waals surface area (Å²) in [6.07, 6.45) is 0.802. The summed E-state index contributed by atoms with van der Waals surface area (Å²) in [6.45, 7) is 20.6. The minimum absolute atomic E-state index is 0.000802. The fourth-order valence-corrected chi connectivity index (χ4v) is 5.71. The van der Waals surface area contributed by atoms with Gasteiger partial charge in [-0.15, -0.1) is 0 Å². The van der Waals surface area contributed by atoms with Crippen LogP contribution in [0.4, 0.5) is 0 Å². The number of rotatable bonds is 6. The van der Waals surface area contributed by atoms with E-state index in [9.17, 15) is 4.57 Å². The average molecular weight is 400 g/mol. The summed E-state index contributed by atoms with van der Waals surface area (Å²) in [5.74, 6) is 1.10. The molecule has 0 aromatic rings. The van der Waals surface area contributed by atoms with Gasteiger partial charge in [0.05, 0.1) is 19.3 Å². The Hall–Kier alpha value is -0.680. The van der Waals surface area contributed by atoms with Gasteiger partial charge in [0.15, 0.2) is 0 Å². The van der Waals surface area contributed by atoms with Gasteiger partial charge in [0.1, 0.15) is 5.84 Å². The molecule has 0 unspecified atom stereocenters. The number of fused-ring (bicyclic) bond motifs is 1. The van der Waals surface area contributed by atoms with Crippen LogP contribution in [-0.2, 0) is 13.6 Å². The molecule has 2 aliphatic rings. The molecule has 1 fully saturated rings. The molecule has 2 aliphatic heterocycles. The van der Waals surface area contributed by atoms with Crippen molar-refractivity contribution in [2.45, 2.75) is 80.8 Å². The molecule has 1 N–H and O–H groups in total. The Kier molecular flexibility index (Phi) is 6.68. The molecule has 0 spiro atoms. The summed E-state index contributed by atoms with van der Waals surface area (Å²) in [7, 11) is -3.30. The predicted octanol–water partition coefficient (Wildman–Crippen LogP) is 4.98. The summed E-state index contributed by atoms with van der Waals surface area (Å²) in [5, 5.41) is 3.19. The number of hydrogen-bond donors (Lipinski definition) is 1. The SMILES string of the molecule is CCOP(=O)(N[C@H]1CC2=C(C(C)(C)C)[C@H](C)N=C(C(C)(C)C)N2C1)OCC. The van der Waals surface area contributed by atoms with Crippen LogP contribution in [0, 0.1) is 10.8 Å². The van der Waals surface area contributed by atoms with Crippen molar-refractivity contribution < 1.29 is 13.6 Å². The lowest BCUT2D eigenvalue weighted by molar-refractivity contribution is 0.207. The predicted molar refractivity (Wildman–Crippen MR) is 112 cm³/mol. The molecule has 27 heavy (non-hydrogen) atoms. The van der Waals surface area contributed by atoms with Crippen molar-refractivity contribution in [1.82, 2.24) is 9.99 Å². The van der Waals surface area contributed by atoms with E-state index in [0.29, 0.717) is 13.2 Å². The summed E-state index contributed by atoms with van der Waals surface area (Å²) < 4.78 is 23.9. The highest BCUT2D eigenvalue weighted by atomic mass is 31.2. The Balaban J connectivity index is 2.39. The largest absolute Gasteiger partial charge is 0.405 e. The summed E-state index contributed by atoms with van der Waals surface area (Å²) in [4.78, 5) is 7.41. The second-order valence-corrected chi connectivity index (χ2v) is 11.2. The number of amidine groups is 1. The third-order valence-corrected chi connectivity index (χ3v) is 6.76. The van der Waals surface area contributed by atoms with Crippen molar-refractivity contribution in [3.05, 3.63) is 11.3 Å². The lowest BCUT2D eigenvalue weighted by Crippen LogP contribution is -2.44. The first-order chi connectivity index (χ1) is 12.3. The lowest BCUT2D eigenvalue weighted by Gasteiger charge is -2.41. The van der Waals surface area contributed by atoms with Gasteiger partial charge in [-0.3, -0.25) is 14.0 Å². The van der Waals surface area contributed by atoms with Crippen LogP contribution in [0.15, 0.2) is 16.3 Å². The molecule has 2 heterocycles. The minimum atomic E-state index is -3.30. The number of nitrogens with zero attached hydrogens (tertiary/aromatic N) is 2. The molecule has 1 saturated heterocycles. The van der Waals surface area contributed by atoms with E-state index in [4.69, 9.17) is 14.0 Å². The zero-order chi connectivity index (χ0) is 20.6. The van der Waals surface area contributed by atoms with Crippen molar-refractivity contribution >= 4 is 13.6 Å². The minimum Gasteiger partial charge on any atom is -0.332 e. The Labute approximate surface area is 165 Å². The van der Waals surface area contributed by atoms with Crippen LogP contribution >= 0.6 is 7.75 Å². The second kappa shape index (κ2) is 7.98. The normalized spacial score (nSPS) is 24.3. The molecule has 6 nitrogen and oxygen atoms in total. The van der Waals surface area contributed by atoms with Crippen LogP contribution < -0.4 is 5.09 Å². The number of hydrogen-bond acceptors (Lipinski definition) is 5. The lowest BCUT2D eigenvalue weighted by atomic mass is 9.79. The van der Waals surface area contributed by atoms with E-state index in [0.717, 1.165) is 18.8 Å². The van der Waals surface area contributed by atoms with Gasteiger partial charge in [-0.25, -0.2) is 9.65 Å². The van der Waals surface area contributed by atoms with E-state index in [-0.39, 0.29) is 22.9 Å². The monoisotopic (exact) mass is 399 g/mol. The van der Waals surface area contributed by atoms with Crippen molar-refractivity contribution in [3.8, 4) is 0 Å². The molecule has 0 amide bonds. The van der Waals surface area contributed by atoms with Gasteiger partial charge in [-0.1, -0.05) is 41.5 Å². The van der Waals surface area contributed by atoms with Gasteiger partial charge < -0.3 is 4.90 Å².